The van der Waals surface area contributed by atoms with Gasteiger partial charge < -0.3 is 14.9 Å². The summed E-state index contributed by atoms with van der Waals surface area (Å²) in [5, 5.41) is 19.6. The molecule has 142 valence electrons. The summed E-state index contributed by atoms with van der Waals surface area (Å²) in [4.78, 5) is 7.68. The Morgan fingerprint density at radius 3 is 2.58 bits per heavy atom. The zero-order valence-electron chi connectivity index (χ0n) is 13.2. The summed E-state index contributed by atoms with van der Waals surface area (Å²) in [6.45, 7) is -0.521. The lowest BCUT2D eigenvalue weighted by molar-refractivity contribution is 0.205. The Hall–Kier alpha value is -2.44. The molecule has 0 saturated heterocycles. The fourth-order valence-electron chi connectivity index (χ4n) is 2.00. The summed E-state index contributed by atoms with van der Waals surface area (Å²) in [5.41, 5.74) is -1.19. The number of sulfonamides is 1. The number of hydrogen-bond donors (Lipinski definition) is 3. The number of methoxy groups -OCH3 is 1. The number of nitrogens with zero attached hydrogens (tertiary/aromatic N) is 2. The summed E-state index contributed by atoms with van der Waals surface area (Å²) in [7, 11) is -3.91. The Morgan fingerprint density at radius 1 is 1.31 bits per heavy atom. The number of ether oxygens (including phenoxy) is 1. The van der Waals surface area contributed by atoms with Crippen molar-refractivity contribution in [1.29, 1.82) is 0 Å². The average Bonchev–Trinajstić information content (AvgIpc) is 2.62. The van der Waals surface area contributed by atoms with Crippen LogP contribution in [0.5, 0.6) is 5.88 Å². The zero-order chi connectivity index (χ0) is 19.5. The van der Waals surface area contributed by atoms with E-state index in [1.807, 2.05) is 0 Å². The van der Waals surface area contributed by atoms with E-state index in [9.17, 15) is 31.8 Å². The van der Waals surface area contributed by atoms with Gasteiger partial charge in [-0.05, 0) is 6.07 Å². The molecule has 3 N–H and O–H groups in total. The van der Waals surface area contributed by atoms with Gasteiger partial charge in [-0.1, -0.05) is 12.1 Å². The maximum atomic E-state index is 14.0. The van der Waals surface area contributed by atoms with E-state index in [1.165, 1.54) is 17.9 Å². The molecular weight excluding hydrogens is 379 g/mol. The molecule has 8 nitrogen and oxygen atoms in total. The number of aromatic nitrogens is 2. The molecule has 1 unspecified atom stereocenters. The predicted molar refractivity (Wildman–Crippen MR) is 83.5 cm³/mol. The largest absolute Gasteiger partial charge is 0.481 e. The van der Waals surface area contributed by atoms with Crippen LogP contribution in [-0.4, -0.2) is 41.5 Å². The zero-order valence-corrected chi connectivity index (χ0v) is 14.0. The van der Waals surface area contributed by atoms with Crippen molar-refractivity contribution in [2.24, 2.45) is 0 Å². The second-order valence-electron chi connectivity index (χ2n) is 4.93. The van der Waals surface area contributed by atoms with Crippen molar-refractivity contribution in [2.45, 2.75) is 18.5 Å². The van der Waals surface area contributed by atoms with E-state index in [0.29, 0.717) is 0 Å². The fraction of sp³-hybridized carbons (Fsp3) is 0.286. The molecule has 0 spiro atoms. The number of nitrogens with one attached hydrogen (secondary N) is 1. The number of halogens is 3. The topological polar surface area (TPSA) is 122 Å². The second kappa shape index (κ2) is 7.85. The first-order chi connectivity index (χ1) is 12.2. The number of rotatable bonds is 7. The van der Waals surface area contributed by atoms with Crippen molar-refractivity contribution in [3.05, 3.63) is 47.2 Å². The smallest absolute Gasteiger partial charge is 0.355 e. The van der Waals surface area contributed by atoms with Crippen LogP contribution >= 0.6 is 0 Å². The number of aliphatic hydroxyl groups is 2. The van der Waals surface area contributed by atoms with E-state index in [2.05, 4.69) is 9.97 Å². The van der Waals surface area contributed by atoms with Crippen molar-refractivity contribution >= 4 is 15.7 Å². The van der Waals surface area contributed by atoms with Crippen LogP contribution in [0.4, 0.5) is 18.9 Å². The van der Waals surface area contributed by atoms with Gasteiger partial charge in [0.1, 0.15) is 11.9 Å². The summed E-state index contributed by atoms with van der Waals surface area (Å²) in [5.74, 6) is -5.36. The first-order valence-electron chi connectivity index (χ1n) is 6.98. The van der Waals surface area contributed by atoms with E-state index in [4.69, 9.17) is 4.74 Å². The normalized spacial score (nSPS) is 12.9. The highest BCUT2D eigenvalue weighted by Crippen LogP contribution is 2.31. The number of hydrogen-bond acceptors (Lipinski definition) is 7. The molecule has 0 fully saturated rings. The van der Waals surface area contributed by atoms with Gasteiger partial charge >= 0.3 is 5.76 Å². The molecule has 1 heterocycles. The van der Waals surface area contributed by atoms with Crippen LogP contribution in [-0.2, 0) is 16.6 Å². The highest BCUT2D eigenvalue weighted by atomic mass is 32.2. The number of benzene rings is 1. The molecule has 0 amide bonds. The third-order valence-electron chi connectivity index (χ3n) is 3.21. The summed E-state index contributed by atoms with van der Waals surface area (Å²) >= 11 is 0. The van der Waals surface area contributed by atoms with Crippen LogP contribution in [0.2, 0.25) is 0 Å². The quantitative estimate of drug-likeness (QED) is 0.645. The molecule has 0 radical (unpaired) electrons. The Labute approximate surface area is 146 Å². The molecule has 1 atom stereocenters. The number of anilines is 1. The fourth-order valence-corrected chi connectivity index (χ4v) is 2.59. The molecule has 0 aliphatic carbocycles. The molecule has 0 aliphatic rings. The SMILES string of the molecule is COc1cc(CO)nc(C(O)c2cccc(F)c2NS(=O)(=O)C(F)F)n1. The van der Waals surface area contributed by atoms with Gasteiger partial charge in [-0.15, -0.1) is 0 Å². The Kier molecular flexibility index (Phi) is 6.00. The highest BCUT2D eigenvalue weighted by Gasteiger charge is 2.29. The van der Waals surface area contributed by atoms with Crippen LogP contribution in [0, 0.1) is 5.82 Å². The first kappa shape index (κ1) is 19.9. The molecule has 12 heteroatoms. The minimum atomic E-state index is -5.18. The highest BCUT2D eigenvalue weighted by molar-refractivity contribution is 7.93. The molecule has 26 heavy (non-hydrogen) atoms. The standard InChI is InChI=1S/C14H14F3N3O5S/c1-25-10-5-7(6-21)18-13(19-10)12(22)8-3-2-4-9(15)11(8)20-26(23,24)14(16)17/h2-5,12,14,20-22H,6H2,1H3. The third kappa shape index (κ3) is 4.20. The maximum Gasteiger partial charge on any atom is 0.355 e. The minimum absolute atomic E-state index is 0.0239. The lowest BCUT2D eigenvalue weighted by Gasteiger charge is -2.17. The van der Waals surface area contributed by atoms with Crippen LogP contribution in [0.25, 0.3) is 0 Å². The molecule has 2 aromatic rings. The minimum Gasteiger partial charge on any atom is -0.481 e. The summed E-state index contributed by atoms with van der Waals surface area (Å²) < 4.78 is 68.2. The van der Waals surface area contributed by atoms with E-state index in [-0.39, 0.29) is 17.4 Å². The van der Waals surface area contributed by atoms with Gasteiger partial charge in [0.25, 0.3) is 10.0 Å². The lowest BCUT2D eigenvalue weighted by atomic mass is 10.1. The Morgan fingerprint density at radius 2 is 2.00 bits per heavy atom. The van der Waals surface area contributed by atoms with Gasteiger partial charge in [-0.25, -0.2) is 17.8 Å². The second-order valence-corrected chi connectivity index (χ2v) is 6.58. The van der Waals surface area contributed by atoms with Crippen molar-refractivity contribution in [2.75, 3.05) is 11.8 Å². The van der Waals surface area contributed by atoms with Gasteiger partial charge in [-0.3, -0.25) is 4.72 Å². The molecule has 1 aromatic carbocycles. The molecule has 2 rings (SSSR count). The summed E-state index contributed by atoms with van der Waals surface area (Å²) in [6.07, 6.45) is -1.79. The van der Waals surface area contributed by atoms with Gasteiger partial charge in [0.2, 0.25) is 5.88 Å². The van der Waals surface area contributed by atoms with Gasteiger partial charge in [0.05, 0.1) is 25.1 Å². The van der Waals surface area contributed by atoms with Gasteiger partial charge in [0, 0.05) is 11.6 Å². The van der Waals surface area contributed by atoms with Crippen molar-refractivity contribution in [1.82, 2.24) is 9.97 Å². The monoisotopic (exact) mass is 393 g/mol. The lowest BCUT2D eigenvalue weighted by Crippen LogP contribution is -2.23. The molecule has 0 aliphatic heterocycles. The summed E-state index contributed by atoms with van der Waals surface area (Å²) in [6, 6.07) is 4.35. The third-order valence-corrected chi connectivity index (χ3v) is 4.17. The van der Waals surface area contributed by atoms with E-state index >= 15 is 0 Å². The Balaban J connectivity index is 2.54. The van der Waals surface area contributed by atoms with E-state index < -0.39 is 45.6 Å². The Bertz CT molecular complexity index is 873. The van der Waals surface area contributed by atoms with E-state index in [0.717, 1.165) is 18.2 Å². The molecule has 0 bridgehead atoms. The van der Waals surface area contributed by atoms with E-state index in [1.54, 1.807) is 0 Å². The van der Waals surface area contributed by atoms with Crippen molar-refractivity contribution in [3.8, 4) is 5.88 Å². The molecular formula is C14H14F3N3O5S. The number of alkyl halides is 2. The predicted octanol–water partition coefficient (Wildman–Crippen LogP) is 1.16. The molecule has 0 saturated carbocycles. The average molecular weight is 393 g/mol. The van der Waals surface area contributed by atoms with Gasteiger partial charge in [0.15, 0.2) is 5.82 Å². The number of aliphatic hydroxyl groups excluding tert-OH is 2. The van der Waals surface area contributed by atoms with Crippen LogP contribution in [0.3, 0.4) is 0 Å². The van der Waals surface area contributed by atoms with Gasteiger partial charge in [-0.2, -0.15) is 13.8 Å². The van der Waals surface area contributed by atoms with Crippen molar-refractivity contribution < 1.29 is 36.5 Å². The first-order valence-corrected chi connectivity index (χ1v) is 8.53. The molecule has 1 aromatic heterocycles. The van der Waals surface area contributed by atoms with Crippen LogP contribution in [0.15, 0.2) is 24.3 Å². The van der Waals surface area contributed by atoms with Crippen molar-refractivity contribution in [3.63, 3.8) is 0 Å². The maximum absolute atomic E-state index is 14.0. The van der Waals surface area contributed by atoms with Crippen LogP contribution in [0.1, 0.15) is 23.2 Å². The van der Waals surface area contributed by atoms with Crippen LogP contribution < -0.4 is 9.46 Å². The number of para-hydroxylation sites is 1.